The molecule has 0 amide bonds. The Morgan fingerprint density at radius 2 is 1.61 bits per heavy atom. The van der Waals surface area contributed by atoms with Crippen molar-refractivity contribution >= 4 is 35.6 Å². The summed E-state index contributed by atoms with van der Waals surface area (Å²) in [5, 5.41) is 11.0. The molecule has 2 saturated carbocycles. The lowest BCUT2D eigenvalue weighted by molar-refractivity contribution is 0.0512. The van der Waals surface area contributed by atoms with Gasteiger partial charge < -0.3 is 24.2 Å². The van der Waals surface area contributed by atoms with Gasteiger partial charge >= 0.3 is 6.01 Å². The van der Waals surface area contributed by atoms with Crippen LogP contribution in [0.25, 0.3) is 32.8 Å². The average Bonchev–Trinajstić information content (AvgIpc) is 3.85. The zero-order valence-electron chi connectivity index (χ0n) is 32.5. The Labute approximate surface area is 317 Å². The molecule has 3 fully saturated rings. The first-order valence-corrected chi connectivity index (χ1v) is 21.6. The van der Waals surface area contributed by atoms with E-state index < -0.39 is 25.5 Å². The van der Waals surface area contributed by atoms with E-state index in [0.717, 1.165) is 45.2 Å². The highest BCUT2D eigenvalue weighted by atomic mass is 28.3. The number of aromatic nitrogens is 2. The maximum atomic E-state index is 17.5. The first-order chi connectivity index (χ1) is 25.8. The van der Waals surface area contributed by atoms with Crippen LogP contribution >= 0.6 is 0 Å². The van der Waals surface area contributed by atoms with Crippen molar-refractivity contribution in [2.45, 2.75) is 90.3 Å². The Balaban J connectivity index is 1.47. The fourth-order valence-corrected chi connectivity index (χ4v) is 14.6. The summed E-state index contributed by atoms with van der Waals surface area (Å²) in [7, 11) is -0.842. The third-order valence-electron chi connectivity index (χ3n) is 12.5. The molecule has 3 aliphatic rings. The fraction of sp³-hybridized carbons (Fsp3) is 0.535. The van der Waals surface area contributed by atoms with Gasteiger partial charge in [0.15, 0.2) is 12.6 Å². The molecule has 0 spiro atoms. The number of methoxy groups -OCH3 is 1. The normalized spacial score (nSPS) is 19.3. The van der Waals surface area contributed by atoms with Gasteiger partial charge in [0.1, 0.15) is 36.8 Å². The van der Waals surface area contributed by atoms with Crippen molar-refractivity contribution in [3.8, 4) is 34.4 Å². The van der Waals surface area contributed by atoms with Gasteiger partial charge in [0, 0.05) is 42.0 Å². The van der Waals surface area contributed by atoms with E-state index in [2.05, 4.69) is 62.9 Å². The minimum atomic E-state index is -2.33. The lowest BCUT2D eigenvalue weighted by Crippen LogP contribution is -2.43. The summed E-state index contributed by atoms with van der Waals surface area (Å²) in [6.45, 7) is 14.6. The molecule has 1 aliphatic heterocycles. The Morgan fingerprint density at radius 1 is 0.926 bits per heavy atom. The Hall–Kier alpha value is -3.85. The van der Waals surface area contributed by atoms with E-state index in [1.807, 2.05) is 0 Å². The number of anilines is 1. The second kappa shape index (κ2) is 15.0. The van der Waals surface area contributed by atoms with Gasteiger partial charge in [-0.05, 0) is 90.2 Å². The molecule has 54 heavy (non-hydrogen) atoms. The van der Waals surface area contributed by atoms with E-state index in [1.54, 1.807) is 12.1 Å². The van der Waals surface area contributed by atoms with Crippen LogP contribution in [0.15, 0.2) is 30.3 Å². The van der Waals surface area contributed by atoms with Crippen LogP contribution in [0.4, 0.5) is 19.0 Å². The maximum Gasteiger partial charge on any atom is 0.319 e. The molecule has 2 atom stereocenters. The van der Waals surface area contributed by atoms with Crippen LogP contribution in [0.2, 0.25) is 16.6 Å². The predicted molar refractivity (Wildman–Crippen MR) is 210 cm³/mol. The van der Waals surface area contributed by atoms with Gasteiger partial charge in [-0.1, -0.05) is 53.5 Å². The number of hydrogen-bond donors (Lipinski definition) is 1. The zero-order chi connectivity index (χ0) is 38.5. The summed E-state index contributed by atoms with van der Waals surface area (Å²) in [6.07, 6.45) is 5.00. The number of aliphatic hydroxyl groups is 1. The Morgan fingerprint density at radius 3 is 2.22 bits per heavy atom. The molecule has 2 unspecified atom stereocenters. The lowest BCUT2D eigenvalue weighted by Gasteiger charge is -2.38. The van der Waals surface area contributed by atoms with E-state index in [4.69, 9.17) is 19.2 Å². The molecule has 4 aromatic rings. The number of fused-ring (bicyclic) bond motifs is 4. The summed E-state index contributed by atoms with van der Waals surface area (Å²) in [5.74, 6) is 2.64. The van der Waals surface area contributed by atoms with Crippen molar-refractivity contribution in [1.82, 2.24) is 9.97 Å². The standard InChI is InChI=1S/C43H52F3N3O4Si/c1-25(2)54(26(3)4,27(5)6)15-12-32-35(44)11-10-30-17-31(53-24-51-7)18-33(37(30)32)38-36(45)19-34-40(39(38)46)47-42(52-23-43(22-50)13-14-43)48-41(34)49-20-28-8-9-29(16-28)21-49/h10-11,17-19,25-29,50H,8-9,13-14,16,20-24H2,1-7H3. The monoisotopic (exact) mass is 759 g/mol. The Kier molecular flexibility index (Phi) is 10.7. The van der Waals surface area contributed by atoms with Crippen molar-refractivity contribution in [2.75, 3.05) is 45.1 Å². The summed E-state index contributed by atoms with van der Waals surface area (Å²) in [5.41, 5.74) is 3.86. The highest BCUT2D eigenvalue weighted by Gasteiger charge is 2.44. The summed E-state index contributed by atoms with van der Waals surface area (Å²) >= 11 is 0. The summed E-state index contributed by atoms with van der Waals surface area (Å²) in [4.78, 5) is 11.4. The summed E-state index contributed by atoms with van der Waals surface area (Å²) < 4.78 is 67.6. The molecule has 2 heterocycles. The number of nitrogens with zero attached hydrogens (tertiary/aromatic N) is 3. The van der Waals surface area contributed by atoms with Crippen molar-refractivity contribution in [2.24, 2.45) is 17.3 Å². The van der Waals surface area contributed by atoms with Crippen LogP contribution in [0.3, 0.4) is 0 Å². The van der Waals surface area contributed by atoms with Crippen molar-refractivity contribution in [3.05, 3.63) is 53.3 Å². The number of hydrogen-bond acceptors (Lipinski definition) is 7. The van der Waals surface area contributed by atoms with Crippen LogP contribution in [-0.4, -0.2) is 63.4 Å². The molecule has 2 aliphatic carbocycles. The average molecular weight is 760 g/mol. The highest BCUT2D eigenvalue weighted by molar-refractivity contribution is 6.90. The molecule has 7 rings (SSSR count). The number of benzene rings is 3. The number of halogens is 3. The fourth-order valence-electron chi connectivity index (χ4n) is 9.38. The topological polar surface area (TPSA) is 76.9 Å². The van der Waals surface area contributed by atoms with E-state index in [1.165, 1.54) is 25.3 Å². The van der Waals surface area contributed by atoms with Crippen LogP contribution < -0.4 is 14.4 Å². The van der Waals surface area contributed by atoms with Crippen molar-refractivity contribution < 1.29 is 32.5 Å². The van der Waals surface area contributed by atoms with Crippen molar-refractivity contribution in [1.29, 1.82) is 0 Å². The van der Waals surface area contributed by atoms with Gasteiger partial charge in [0.25, 0.3) is 0 Å². The minimum absolute atomic E-state index is 0.0244. The Bertz CT molecular complexity index is 2090. The predicted octanol–water partition coefficient (Wildman–Crippen LogP) is 9.81. The van der Waals surface area contributed by atoms with Gasteiger partial charge in [0.2, 0.25) is 0 Å². The first kappa shape index (κ1) is 38.4. The second-order valence-corrected chi connectivity index (χ2v) is 22.4. The molecule has 7 nitrogen and oxygen atoms in total. The van der Waals surface area contributed by atoms with Gasteiger partial charge in [-0.15, -0.1) is 5.54 Å². The molecule has 3 aromatic carbocycles. The second-order valence-electron chi connectivity index (χ2n) is 16.9. The third-order valence-corrected chi connectivity index (χ3v) is 18.8. The number of rotatable bonds is 12. The van der Waals surface area contributed by atoms with E-state index in [0.29, 0.717) is 50.8 Å². The van der Waals surface area contributed by atoms with Crippen LogP contribution in [0.1, 0.15) is 79.2 Å². The maximum absolute atomic E-state index is 17.5. The largest absolute Gasteiger partial charge is 0.468 e. The van der Waals surface area contributed by atoms with E-state index in [-0.39, 0.29) is 59.0 Å². The van der Waals surface area contributed by atoms with Gasteiger partial charge in [-0.2, -0.15) is 9.97 Å². The molecule has 0 radical (unpaired) electrons. The van der Waals surface area contributed by atoms with Gasteiger partial charge in [-0.25, -0.2) is 13.2 Å². The number of ether oxygens (including phenoxy) is 3. The van der Waals surface area contributed by atoms with Gasteiger partial charge in [-0.3, -0.25) is 0 Å². The SMILES string of the molecule is COCOc1cc(-c2c(F)cc3c(N4CC5CCC(C5)C4)nc(OCC4(CO)CC4)nc3c2F)c2c(C#C[Si](C(C)C)(C(C)C)C(C)C)c(F)ccc2c1. The zero-order valence-corrected chi connectivity index (χ0v) is 33.5. The quantitative estimate of drug-likeness (QED) is 0.0876. The van der Waals surface area contributed by atoms with Gasteiger partial charge in [0.05, 0.1) is 24.3 Å². The molecular formula is C43H52F3N3O4Si. The molecule has 1 saturated heterocycles. The molecule has 11 heteroatoms. The van der Waals surface area contributed by atoms with Crippen molar-refractivity contribution in [3.63, 3.8) is 0 Å². The third kappa shape index (κ3) is 6.94. The highest BCUT2D eigenvalue weighted by Crippen LogP contribution is 2.47. The molecule has 2 bridgehead atoms. The first-order valence-electron chi connectivity index (χ1n) is 19.4. The van der Waals surface area contributed by atoms with Crippen LogP contribution in [0, 0.1) is 46.2 Å². The molecule has 288 valence electrons. The van der Waals surface area contributed by atoms with Crippen LogP contribution in [0.5, 0.6) is 11.8 Å². The number of piperidine rings is 1. The number of aliphatic hydroxyl groups excluding tert-OH is 1. The summed E-state index contributed by atoms with van der Waals surface area (Å²) in [6, 6.07) is 7.44. The van der Waals surface area contributed by atoms with E-state index in [9.17, 15) is 5.11 Å². The molecule has 1 N–H and O–H groups in total. The molecule has 1 aromatic heterocycles. The smallest absolute Gasteiger partial charge is 0.319 e. The minimum Gasteiger partial charge on any atom is -0.468 e. The lowest BCUT2D eigenvalue weighted by atomic mass is 9.92. The van der Waals surface area contributed by atoms with E-state index >= 15 is 13.2 Å². The van der Waals surface area contributed by atoms with Crippen LogP contribution in [-0.2, 0) is 4.74 Å². The molecular weight excluding hydrogens is 708 g/mol.